The highest BCUT2D eigenvalue weighted by Crippen LogP contribution is 2.15. The van der Waals surface area contributed by atoms with Gasteiger partial charge in [0.05, 0.1) is 12.1 Å². The summed E-state index contributed by atoms with van der Waals surface area (Å²) < 4.78 is 1.37. The molecule has 2 aromatic rings. The molecule has 1 aromatic carbocycles. The van der Waals surface area contributed by atoms with Crippen molar-refractivity contribution in [3.05, 3.63) is 69.1 Å². The maximum atomic E-state index is 12.4. The lowest BCUT2D eigenvalue weighted by atomic mass is 10.1. The largest absolute Gasteiger partial charge is 0.480 e. The van der Waals surface area contributed by atoms with Gasteiger partial charge in [0, 0.05) is 17.3 Å². The number of rotatable bonds is 8. The summed E-state index contributed by atoms with van der Waals surface area (Å²) in [4.78, 5) is 35.8. The van der Waals surface area contributed by atoms with Crippen molar-refractivity contribution in [1.82, 2.24) is 9.88 Å². The van der Waals surface area contributed by atoms with Crippen molar-refractivity contribution in [3.63, 3.8) is 0 Å². The van der Waals surface area contributed by atoms with Crippen molar-refractivity contribution in [1.29, 1.82) is 0 Å². The highest BCUT2D eigenvalue weighted by atomic mass is 35.5. The molecule has 0 radical (unpaired) electrons. The molecule has 1 aromatic heterocycles. The molecule has 2 N–H and O–H groups in total. The first-order chi connectivity index (χ1) is 12.4. The van der Waals surface area contributed by atoms with Crippen LogP contribution in [0, 0.1) is 0 Å². The zero-order valence-electron chi connectivity index (χ0n) is 14.4. The molecule has 0 bridgehead atoms. The van der Waals surface area contributed by atoms with Gasteiger partial charge in [-0.2, -0.15) is 0 Å². The first-order valence-corrected chi connectivity index (χ1v) is 8.77. The molecule has 1 unspecified atom stereocenters. The van der Waals surface area contributed by atoms with Crippen LogP contribution in [0.1, 0.15) is 42.1 Å². The summed E-state index contributed by atoms with van der Waals surface area (Å²) in [5.41, 5.74) is 0.696. The van der Waals surface area contributed by atoms with E-state index in [2.05, 4.69) is 5.32 Å². The predicted octanol–water partition coefficient (Wildman–Crippen LogP) is 2.92. The number of aromatic nitrogens is 1. The maximum Gasteiger partial charge on any atom is 0.326 e. The van der Waals surface area contributed by atoms with Gasteiger partial charge in [0.25, 0.3) is 11.5 Å². The highest BCUT2D eigenvalue weighted by Gasteiger charge is 2.20. The van der Waals surface area contributed by atoms with E-state index < -0.39 is 17.9 Å². The summed E-state index contributed by atoms with van der Waals surface area (Å²) in [6, 6.07) is 8.85. The SMILES string of the molecule is CCCCC(NC(=O)c1ccc(=O)n(Cc2ccccc2Cl)c1)C(=O)O. The van der Waals surface area contributed by atoms with E-state index in [1.807, 2.05) is 13.0 Å². The number of hydrogen-bond acceptors (Lipinski definition) is 3. The normalized spacial score (nSPS) is 11.8. The van der Waals surface area contributed by atoms with E-state index in [0.717, 1.165) is 12.0 Å². The minimum absolute atomic E-state index is 0.220. The van der Waals surface area contributed by atoms with E-state index in [1.54, 1.807) is 18.2 Å². The van der Waals surface area contributed by atoms with E-state index in [9.17, 15) is 19.5 Å². The van der Waals surface area contributed by atoms with Crippen LogP contribution >= 0.6 is 11.6 Å². The number of carbonyl (C=O) groups excluding carboxylic acids is 1. The Morgan fingerprint density at radius 2 is 1.96 bits per heavy atom. The van der Waals surface area contributed by atoms with Gasteiger partial charge >= 0.3 is 5.97 Å². The molecule has 1 amide bonds. The lowest BCUT2D eigenvalue weighted by Crippen LogP contribution is -2.41. The Bertz CT molecular complexity index is 847. The molecule has 1 atom stereocenters. The number of benzene rings is 1. The van der Waals surface area contributed by atoms with Crippen molar-refractivity contribution < 1.29 is 14.7 Å². The molecule has 2 rings (SSSR count). The van der Waals surface area contributed by atoms with Gasteiger partial charge in [-0.3, -0.25) is 9.59 Å². The molecule has 26 heavy (non-hydrogen) atoms. The van der Waals surface area contributed by atoms with E-state index >= 15 is 0 Å². The Morgan fingerprint density at radius 1 is 1.23 bits per heavy atom. The fourth-order valence-corrected chi connectivity index (χ4v) is 2.70. The van der Waals surface area contributed by atoms with Crippen LogP contribution in [0.5, 0.6) is 0 Å². The number of nitrogens with one attached hydrogen (secondary N) is 1. The third-order valence-electron chi connectivity index (χ3n) is 3.99. The van der Waals surface area contributed by atoms with Gasteiger partial charge in [-0.1, -0.05) is 49.6 Å². The Morgan fingerprint density at radius 3 is 2.62 bits per heavy atom. The van der Waals surface area contributed by atoms with Crippen LogP contribution in [-0.4, -0.2) is 27.6 Å². The zero-order chi connectivity index (χ0) is 19.1. The number of carbonyl (C=O) groups is 2. The summed E-state index contributed by atoms with van der Waals surface area (Å²) in [6.45, 7) is 2.17. The average Bonchev–Trinajstić information content (AvgIpc) is 2.61. The molecule has 0 aliphatic carbocycles. The van der Waals surface area contributed by atoms with Gasteiger partial charge in [-0.05, 0) is 24.1 Å². The van der Waals surface area contributed by atoms with Crippen LogP contribution in [0.25, 0.3) is 0 Å². The standard InChI is InChI=1S/C19H21ClN2O4/c1-2-3-8-16(19(25)26)21-18(24)14-9-10-17(23)22(12-14)11-13-6-4-5-7-15(13)20/h4-7,9-10,12,16H,2-3,8,11H2,1H3,(H,21,24)(H,25,26). The zero-order valence-corrected chi connectivity index (χ0v) is 15.2. The Kier molecular flexibility index (Phi) is 6.97. The number of amides is 1. The Labute approximate surface area is 156 Å². The van der Waals surface area contributed by atoms with Crippen LogP contribution in [0.2, 0.25) is 5.02 Å². The van der Waals surface area contributed by atoms with Gasteiger partial charge < -0.3 is 15.0 Å². The molecule has 6 nitrogen and oxygen atoms in total. The molecule has 1 heterocycles. The summed E-state index contributed by atoms with van der Waals surface area (Å²) in [7, 11) is 0. The van der Waals surface area contributed by atoms with Crippen molar-refractivity contribution in [2.45, 2.75) is 38.8 Å². The number of unbranched alkanes of at least 4 members (excludes halogenated alkanes) is 1. The Hall–Kier alpha value is -2.60. The predicted molar refractivity (Wildman–Crippen MR) is 99.7 cm³/mol. The van der Waals surface area contributed by atoms with Crippen molar-refractivity contribution in [3.8, 4) is 0 Å². The lowest BCUT2D eigenvalue weighted by molar-refractivity contribution is -0.139. The average molecular weight is 377 g/mol. The van der Waals surface area contributed by atoms with Gasteiger partial charge in [-0.15, -0.1) is 0 Å². The number of carboxylic acid groups (broad SMARTS) is 1. The first kappa shape index (κ1) is 19.7. The van der Waals surface area contributed by atoms with Crippen molar-refractivity contribution >= 4 is 23.5 Å². The lowest BCUT2D eigenvalue weighted by Gasteiger charge is -2.15. The van der Waals surface area contributed by atoms with E-state index in [4.69, 9.17) is 11.6 Å². The minimum atomic E-state index is -1.07. The Balaban J connectivity index is 2.20. The van der Waals surface area contributed by atoms with Crippen LogP contribution in [0.3, 0.4) is 0 Å². The number of carboxylic acids is 1. The van der Waals surface area contributed by atoms with E-state index in [0.29, 0.717) is 17.9 Å². The quantitative estimate of drug-likeness (QED) is 0.741. The molecule has 0 spiro atoms. The van der Waals surface area contributed by atoms with Crippen molar-refractivity contribution in [2.24, 2.45) is 0 Å². The molecule has 0 aliphatic heterocycles. The molecular formula is C19H21ClN2O4. The molecule has 0 fully saturated rings. The maximum absolute atomic E-state index is 12.4. The first-order valence-electron chi connectivity index (χ1n) is 8.40. The van der Waals surface area contributed by atoms with Gasteiger partial charge in [-0.25, -0.2) is 4.79 Å². The second kappa shape index (κ2) is 9.20. The highest BCUT2D eigenvalue weighted by molar-refractivity contribution is 6.31. The van der Waals surface area contributed by atoms with Gasteiger partial charge in [0.2, 0.25) is 0 Å². The summed E-state index contributed by atoms with van der Waals surface area (Å²) in [6.07, 6.45) is 3.31. The van der Waals surface area contributed by atoms with Crippen LogP contribution in [0.15, 0.2) is 47.4 Å². The van der Waals surface area contributed by atoms with E-state index in [-0.39, 0.29) is 17.7 Å². The van der Waals surface area contributed by atoms with Crippen LogP contribution in [0.4, 0.5) is 0 Å². The summed E-state index contributed by atoms with van der Waals surface area (Å²) in [5, 5.41) is 12.3. The number of nitrogens with zero attached hydrogens (tertiary/aromatic N) is 1. The second-order valence-corrected chi connectivity index (χ2v) is 6.39. The fraction of sp³-hybridized carbons (Fsp3) is 0.316. The summed E-state index contributed by atoms with van der Waals surface area (Å²) in [5.74, 6) is -1.60. The van der Waals surface area contributed by atoms with Crippen LogP contribution < -0.4 is 10.9 Å². The summed E-state index contributed by atoms with van der Waals surface area (Å²) >= 11 is 6.12. The third kappa shape index (κ3) is 5.20. The molecule has 0 saturated carbocycles. The number of hydrogen-bond donors (Lipinski definition) is 2. The number of halogens is 1. The second-order valence-electron chi connectivity index (χ2n) is 5.98. The third-order valence-corrected chi connectivity index (χ3v) is 4.36. The van der Waals surface area contributed by atoms with Gasteiger partial charge in [0.15, 0.2) is 0 Å². The number of pyridine rings is 1. The van der Waals surface area contributed by atoms with E-state index in [1.165, 1.54) is 22.9 Å². The molecular weight excluding hydrogens is 356 g/mol. The molecule has 138 valence electrons. The minimum Gasteiger partial charge on any atom is -0.480 e. The topological polar surface area (TPSA) is 88.4 Å². The fourth-order valence-electron chi connectivity index (χ4n) is 2.51. The molecule has 0 aliphatic rings. The smallest absolute Gasteiger partial charge is 0.326 e. The van der Waals surface area contributed by atoms with Gasteiger partial charge in [0.1, 0.15) is 6.04 Å². The molecule has 7 heteroatoms. The van der Waals surface area contributed by atoms with Crippen molar-refractivity contribution in [2.75, 3.05) is 0 Å². The monoisotopic (exact) mass is 376 g/mol. The number of aliphatic carboxylic acids is 1. The molecule has 0 saturated heterocycles. The van der Waals surface area contributed by atoms with Crippen LogP contribution in [-0.2, 0) is 11.3 Å².